The van der Waals surface area contributed by atoms with Gasteiger partial charge in [0, 0.05) is 31.2 Å². The molecule has 0 saturated heterocycles. The van der Waals surface area contributed by atoms with Crippen molar-refractivity contribution in [1.29, 1.82) is 0 Å². The molecule has 1 heterocycles. The summed E-state index contributed by atoms with van der Waals surface area (Å²) in [4.78, 5) is 1.93. The summed E-state index contributed by atoms with van der Waals surface area (Å²) in [5, 5.41) is 0. The highest BCUT2D eigenvalue weighted by atomic mass is 19.2. The van der Waals surface area contributed by atoms with Crippen molar-refractivity contribution in [2.45, 2.75) is 19.1 Å². The van der Waals surface area contributed by atoms with Crippen molar-refractivity contribution < 1.29 is 13.2 Å². The van der Waals surface area contributed by atoms with Gasteiger partial charge in [0.1, 0.15) is 0 Å². The molecule has 1 aliphatic heterocycles. The van der Waals surface area contributed by atoms with Crippen molar-refractivity contribution in [2.24, 2.45) is 5.73 Å². The van der Waals surface area contributed by atoms with E-state index in [0.29, 0.717) is 12.1 Å². The molecule has 0 saturated carbocycles. The van der Waals surface area contributed by atoms with Crippen LogP contribution >= 0.6 is 0 Å². The molecule has 5 heteroatoms. The fourth-order valence-corrected chi connectivity index (χ4v) is 2.88. The van der Waals surface area contributed by atoms with E-state index >= 15 is 0 Å². The van der Waals surface area contributed by atoms with Gasteiger partial charge in [-0.25, -0.2) is 13.2 Å². The van der Waals surface area contributed by atoms with Gasteiger partial charge in [0.05, 0.1) is 0 Å². The number of hydrogen-bond donors (Lipinski definition) is 1. The van der Waals surface area contributed by atoms with Crippen LogP contribution in [0, 0.1) is 17.5 Å². The fourth-order valence-electron chi connectivity index (χ4n) is 2.88. The van der Waals surface area contributed by atoms with Gasteiger partial charge in [-0.15, -0.1) is 0 Å². The van der Waals surface area contributed by atoms with Crippen molar-refractivity contribution >= 4 is 0 Å². The van der Waals surface area contributed by atoms with E-state index in [1.807, 2.05) is 35.2 Å². The lowest BCUT2D eigenvalue weighted by Gasteiger charge is -2.23. The summed E-state index contributed by atoms with van der Waals surface area (Å²) >= 11 is 0. The summed E-state index contributed by atoms with van der Waals surface area (Å²) in [6, 6.07) is 10.4. The first-order valence-electron chi connectivity index (χ1n) is 6.76. The number of fused-ring (bicyclic) bond motifs is 1. The second-order valence-corrected chi connectivity index (χ2v) is 5.20. The molecule has 0 bridgehead atoms. The molecule has 1 unspecified atom stereocenters. The Morgan fingerprint density at radius 1 is 1.10 bits per heavy atom. The Morgan fingerprint density at radius 2 is 1.81 bits per heavy atom. The molecule has 0 fully saturated rings. The van der Waals surface area contributed by atoms with Crippen LogP contribution in [-0.2, 0) is 13.1 Å². The van der Waals surface area contributed by atoms with E-state index in [0.717, 1.165) is 11.6 Å². The van der Waals surface area contributed by atoms with E-state index < -0.39 is 17.5 Å². The Labute approximate surface area is 121 Å². The van der Waals surface area contributed by atoms with Crippen molar-refractivity contribution in [1.82, 2.24) is 4.90 Å². The topological polar surface area (TPSA) is 29.3 Å². The van der Waals surface area contributed by atoms with Crippen LogP contribution in [0.1, 0.15) is 22.7 Å². The van der Waals surface area contributed by atoms with E-state index in [1.165, 1.54) is 0 Å². The lowest BCUT2D eigenvalue weighted by molar-refractivity contribution is 0.210. The van der Waals surface area contributed by atoms with E-state index in [2.05, 4.69) is 0 Å². The first kappa shape index (κ1) is 14.1. The molecule has 0 spiro atoms. The van der Waals surface area contributed by atoms with Crippen LogP contribution < -0.4 is 5.73 Å². The van der Waals surface area contributed by atoms with Crippen LogP contribution in [0.4, 0.5) is 13.2 Å². The van der Waals surface area contributed by atoms with Crippen LogP contribution in [0.15, 0.2) is 36.4 Å². The number of nitrogens with two attached hydrogens (primary N) is 1. The zero-order chi connectivity index (χ0) is 15.0. The van der Waals surface area contributed by atoms with Gasteiger partial charge in [0.25, 0.3) is 0 Å². The lowest BCUT2D eigenvalue weighted by atomic mass is 10.0. The SMILES string of the molecule is NCC1c2cc(F)c(F)c(F)c2CN1Cc1ccccc1. The molecule has 2 N–H and O–H groups in total. The standard InChI is InChI=1S/C16H15F3N2/c17-13-6-11-12(15(18)16(13)19)9-21(14(11)7-20)8-10-4-2-1-3-5-10/h1-6,14H,7-9,20H2. The van der Waals surface area contributed by atoms with Crippen LogP contribution in [0.2, 0.25) is 0 Å². The summed E-state index contributed by atoms with van der Waals surface area (Å²) in [5.74, 6) is -3.67. The fraction of sp³-hybridized carbons (Fsp3) is 0.250. The summed E-state index contributed by atoms with van der Waals surface area (Å²) in [7, 11) is 0. The maximum absolute atomic E-state index is 13.9. The molecule has 2 aromatic rings. The van der Waals surface area contributed by atoms with Gasteiger partial charge >= 0.3 is 0 Å². The van der Waals surface area contributed by atoms with Crippen LogP contribution in [0.25, 0.3) is 0 Å². The average molecular weight is 292 g/mol. The minimum absolute atomic E-state index is 0.209. The molecule has 2 aromatic carbocycles. The van der Waals surface area contributed by atoms with Gasteiger partial charge in [-0.1, -0.05) is 30.3 Å². The number of benzene rings is 2. The summed E-state index contributed by atoms with van der Waals surface area (Å²) < 4.78 is 40.7. The molecule has 21 heavy (non-hydrogen) atoms. The minimum atomic E-state index is -1.41. The normalized spacial score (nSPS) is 18.0. The van der Waals surface area contributed by atoms with Gasteiger partial charge in [0.2, 0.25) is 0 Å². The third kappa shape index (κ3) is 2.43. The summed E-state index contributed by atoms with van der Waals surface area (Å²) in [5.41, 5.74) is 7.45. The predicted octanol–water partition coefficient (Wildman–Crippen LogP) is 3.12. The molecular formula is C16H15F3N2. The highest BCUT2D eigenvalue weighted by molar-refractivity contribution is 5.37. The summed E-state index contributed by atoms with van der Waals surface area (Å²) in [6.45, 7) is 1.01. The van der Waals surface area contributed by atoms with E-state index in [9.17, 15) is 13.2 Å². The van der Waals surface area contributed by atoms with Crippen LogP contribution in [-0.4, -0.2) is 11.4 Å². The maximum Gasteiger partial charge on any atom is 0.194 e. The molecule has 3 rings (SSSR count). The van der Waals surface area contributed by atoms with Crippen molar-refractivity contribution in [3.8, 4) is 0 Å². The van der Waals surface area contributed by atoms with Crippen LogP contribution in [0.5, 0.6) is 0 Å². The number of halogens is 3. The lowest BCUT2D eigenvalue weighted by Crippen LogP contribution is -2.27. The van der Waals surface area contributed by atoms with Crippen molar-refractivity contribution in [2.75, 3.05) is 6.54 Å². The minimum Gasteiger partial charge on any atom is -0.329 e. The van der Waals surface area contributed by atoms with Gasteiger partial charge in [-0.2, -0.15) is 0 Å². The number of hydrogen-bond acceptors (Lipinski definition) is 2. The highest BCUT2D eigenvalue weighted by Gasteiger charge is 2.33. The Kier molecular flexibility index (Phi) is 3.69. The molecule has 1 atom stereocenters. The molecule has 0 aromatic heterocycles. The number of rotatable bonds is 3. The van der Waals surface area contributed by atoms with Crippen LogP contribution in [0.3, 0.4) is 0 Å². The molecule has 2 nitrogen and oxygen atoms in total. The van der Waals surface area contributed by atoms with E-state index in [-0.39, 0.29) is 24.7 Å². The zero-order valence-corrected chi connectivity index (χ0v) is 11.3. The Hall–Kier alpha value is -1.85. The quantitative estimate of drug-likeness (QED) is 0.881. The largest absolute Gasteiger partial charge is 0.329 e. The molecule has 0 aliphatic carbocycles. The third-order valence-electron chi connectivity index (χ3n) is 3.91. The highest BCUT2D eigenvalue weighted by Crippen LogP contribution is 2.37. The Balaban J connectivity index is 1.94. The second-order valence-electron chi connectivity index (χ2n) is 5.20. The second kappa shape index (κ2) is 5.50. The Bertz CT molecular complexity index is 658. The first-order valence-corrected chi connectivity index (χ1v) is 6.76. The zero-order valence-electron chi connectivity index (χ0n) is 11.3. The molecule has 1 aliphatic rings. The average Bonchev–Trinajstić information content (AvgIpc) is 2.83. The number of nitrogens with zero attached hydrogens (tertiary/aromatic N) is 1. The molecule has 110 valence electrons. The van der Waals surface area contributed by atoms with Gasteiger partial charge in [-0.3, -0.25) is 4.90 Å². The van der Waals surface area contributed by atoms with Gasteiger partial charge < -0.3 is 5.73 Å². The Morgan fingerprint density at radius 3 is 2.48 bits per heavy atom. The molecular weight excluding hydrogens is 277 g/mol. The maximum atomic E-state index is 13.9. The van der Waals surface area contributed by atoms with E-state index in [4.69, 9.17) is 5.73 Å². The van der Waals surface area contributed by atoms with Crippen molar-refractivity contribution in [3.63, 3.8) is 0 Å². The van der Waals surface area contributed by atoms with Gasteiger partial charge in [0.15, 0.2) is 17.5 Å². The van der Waals surface area contributed by atoms with Crippen molar-refractivity contribution in [3.05, 3.63) is 70.5 Å². The summed E-state index contributed by atoms with van der Waals surface area (Å²) in [6.07, 6.45) is 0. The monoisotopic (exact) mass is 292 g/mol. The molecule has 0 amide bonds. The third-order valence-corrected chi connectivity index (χ3v) is 3.91. The van der Waals surface area contributed by atoms with E-state index in [1.54, 1.807) is 0 Å². The van der Waals surface area contributed by atoms with Gasteiger partial charge in [-0.05, 0) is 17.2 Å². The predicted molar refractivity (Wildman–Crippen MR) is 73.8 cm³/mol. The molecule has 0 radical (unpaired) electrons. The smallest absolute Gasteiger partial charge is 0.194 e. The first-order chi connectivity index (χ1) is 10.1.